The maximum Gasteiger partial charge on any atom is 0.257 e. The Bertz CT molecular complexity index is 572. The van der Waals surface area contributed by atoms with Crippen molar-refractivity contribution in [1.82, 2.24) is 5.32 Å². The van der Waals surface area contributed by atoms with E-state index in [2.05, 4.69) is 5.32 Å². The van der Waals surface area contributed by atoms with E-state index in [-0.39, 0.29) is 12.5 Å². The molecule has 110 valence electrons. The lowest BCUT2D eigenvalue weighted by Gasteiger charge is -2.08. The smallest absolute Gasteiger partial charge is 0.257 e. The van der Waals surface area contributed by atoms with Gasteiger partial charge in [-0.2, -0.15) is 0 Å². The van der Waals surface area contributed by atoms with Crippen LogP contribution in [0.3, 0.4) is 0 Å². The molecule has 0 aliphatic rings. The second-order valence-corrected chi connectivity index (χ2v) is 5.05. The summed E-state index contributed by atoms with van der Waals surface area (Å²) in [5.41, 5.74) is 1.11. The van der Waals surface area contributed by atoms with Gasteiger partial charge in [0.15, 0.2) is 6.61 Å². The number of halogens is 1. The summed E-state index contributed by atoms with van der Waals surface area (Å²) < 4.78 is 5.37. The number of nitrogens with one attached hydrogen (secondary N) is 1. The Balaban J connectivity index is 1.62. The van der Waals surface area contributed by atoms with E-state index in [4.69, 9.17) is 16.3 Å². The summed E-state index contributed by atoms with van der Waals surface area (Å²) in [5, 5.41) is 3.61. The molecule has 1 N–H and O–H groups in total. The summed E-state index contributed by atoms with van der Waals surface area (Å²) in [6.45, 7) is 0.651. The molecule has 0 heterocycles. The van der Waals surface area contributed by atoms with E-state index in [1.807, 2.05) is 54.6 Å². The van der Waals surface area contributed by atoms with Gasteiger partial charge in [-0.25, -0.2) is 0 Å². The second-order valence-electron chi connectivity index (χ2n) is 4.65. The maximum atomic E-state index is 11.6. The van der Waals surface area contributed by atoms with Crippen molar-refractivity contribution in [2.24, 2.45) is 0 Å². The normalized spacial score (nSPS) is 10.1. The number of amides is 1. The van der Waals surface area contributed by atoms with E-state index >= 15 is 0 Å². The summed E-state index contributed by atoms with van der Waals surface area (Å²) in [6, 6.07) is 17.1. The highest BCUT2D eigenvalue weighted by Gasteiger charge is 2.03. The standard InChI is InChI=1S/C17H18ClNO2/c18-16-11-5-4-7-14(16)8-6-12-19-17(20)13-21-15-9-2-1-3-10-15/h1-5,7,9-11H,6,8,12-13H2,(H,19,20). The first-order valence-electron chi connectivity index (χ1n) is 6.93. The molecule has 2 rings (SSSR count). The number of benzene rings is 2. The second kappa shape index (κ2) is 8.32. The number of hydrogen-bond donors (Lipinski definition) is 1. The number of carbonyl (C=O) groups is 1. The largest absolute Gasteiger partial charge is 0.484 e. The Morgan fingerprint density at radius 1 is 1.05 bits per heavy atom. The molecule has 0 atom stereocenters. The molecular weight excluding hydrogens is 286 g/mol. The molecule has 2 aromatic rings. The monoisotopic (exact) mass is 303 g/mol. The number of hydrogen-bond acceptors (Lipinski definition) is 2. The van der Waals surface area contributed by atoms with Crippen LogP contribution in [0.4, 0.5) is 0 Å². The average molecular weight is 304 g/mol. The fraction of sp³-hybridized carbons (Fsp3) is 0.235. The molecule has 0 saturated heterocycles. The van der Waals surface area contributed by atoms with E-state index in [1.165, 1.54) is 0 Å². The van der Waals surface area contributed by atoms with Gasteiger partial charge in [0.2, 0.25) is 0 Å². The van der Waals surface area contributed by atoms with E-state index < -0.39 is 0 Å². The minimum atomic E-state index is -0.113. The number of rotatable bonds is 7. The van der Waals surface area contributed by atoms with Crippen LogP contribution in [0, 0.1) is 0 Å². The highest BCUT2D eigenvalue weighted by molar-refractivity contribution is 6.31. The van der Waals surface area contributed by atoms with Gasteiger partial charge in [0, 0.05) is 11.6 Å². The lowest BCUT2D eigenvalue weighted by molar-refractivity contribution is -0.123. The van der Waals surface area contributed by atoms with Crippen molar-refractivity contribution in [3.8, 4) is 5.75 Å². The third-order valence-corrected chi connectivity index (χ3v) is 3.38. The molecule has 2 aromatic carbocycles. The summed E-state index contributed by atoms with van der Waals surface area (Å²) in [7, 11) is 0. The fourth-order valence-corrected chi connectivity index (χ4v) is 2.15. The zero-order valence-electron chi connectivity index (χ0n) is 11.7. The van der Waals surface area contributed by atoms with Gasteiger partial charge in [0.25, 0.3) is 5.91 Å². The molecule has 4 heteroatoms. The van der Waals surface area contributed by atoms with Gasteiger partial charge in [-0.05, 0) is 36.6 Å². The van der Waals surface area contributed by atoms with Crippen LogP contribution in [0.2, 0.25) is 5.02 Å². The van der Waals surface area contributed by atoms with Crippen LogP contribution >= 0.6 is 11.6 Å². The molecule has 0 bridgehead atoms. The summed E-state index contributed by atoms with van der Waals surface area (Å²) in [6.07, 6.45) is 1.69. The molecule has 0 spiro atoms. The van der Waals surface area contributed by atoms with Gasteiger partial charge in [0.05, 0.1) is 0 Å². The van der Waals surface area contributed by atoms with E-state index in [0.717, 1.165) is 23.4 Å². The minimum Gasteiger partial charge on any atom is -0.484 e. The molecule has 0 unspecified atom stereocenters. The summed E-state index contributed by atoms with van der Waals surface area (Å²) in [4.78, 5) is 11.6. The van der Waals surface area contributed by atoms with Gasteiger partial charge in [-0.1, -0.05) is 48.0 Å². The van der Waals surface area contributed by atoms with Gasteiger partial charge in [-0.3, -0.25) is 4.79 Å². The highest BCUT2D eigenvalue weighted by atomic mass is 35.5. The molecule has 3 nitrogen and oxygen atoms in total. The van der Waals surface area contributed by atoms with Crippen LogP contribution in [-0.4, -0.2) is 19.1 Å². The minimum absolute atomic E-state index is 0.0378. The van der Waals surface area contributed by atoms with Crippen molar-refractivity contribution in [3.05, 3.63) is 65.2 Å². The van der Waals surface area contributed by atoms with Crippen LogP contribution < -0.4 is 10.1 Å². The Labute approximate surface area is 129 Å². The first-order chi connectivity index (χ1) is 10.3. The third-order valence-electron chi connectivity index (χ3n) is 3.02. The van der Waals surface area contributed by atoms with Gasteiger partial charge in [0.1, 0.15) is 5.75 Å². The Hall–Kier alpha value is -2.00. The molecule has 0 aliphatic carbocycles. The first-order valence-corrected chi connectivity index (χ1v) is 7.31. The molecule has 0 fully saturated rings. The Morgan fingerprint density at radius 3 is 2.52 bits per heavy atom. The Kier molecular flexibility index (Phi) is 6.10. The summed E-state index contributed by atoms with van der Waals surface area (Å²) >= 11 is 6.08. The van der Waals surface area contributed by atoms with E-state index in [0.29, 0.717) is 12.3 Å². The van der Waals surface area contributed by atoms with Crippen molar-refractivity contribution in [1.29, 1.82) is 0 Å². The molecule has 0 aromatic heterocycles. The Morgan fingerprint density at radius 2 is 1.76 bits per heavy atom. The van der Waals surface area contributed by atoms with Crippen LogP contribution in [0.5, 0.6) is 5.75 Å². The lowest BCUT2D eigenvalue weighted by atomic mass is 10.1. The van der Waals surface area contributed by atoms with Crippen LogP contribution in [0.1, 0.15) is 12.0 Å². The van der Waals surface area contributed by atoms with Crippen LogP contribution in [0.15, 0.2) is 54.6 Å². The third kappa shape index (κ3) is 5.48. The predicted octanol–water partition coefficient (Wildman–Crippen LogP) is 3.47. The number of para-hydroxylation sites is 1. The quantitative estimate of drug-likeness (QED) is 0.795. The average Bonchev–Trinajstić information content (AvgIpc) is 2.52. The number of carbonyl (C=O) groups excluding carboxylic acids is 1. The van der Waals surface area contributed by atoms with Crippen molar-refractivity contribution in [2.45, 2.75) is 12.8 Å². The summed E-state index contributed by atoms with van der Waals surface area (Å²) in [5.74, 6) is 0.585. The van der Waals surface area contributed by atoms with Gasteiger partial charge < -0.3 is 10.1 Å². The molecule has 1 amide bonds. The SMILES string of the molecule is O=C(COc1ccccc1)NCCCc1ccccc1Cl. The molecule has 0 aliphatic heterocycles. The fourth-order valence-electron chi connectivity index (χ4n) is 1.92. The predicted molar refractivity (Wildman–Crippen MR) is 84.7 cm³/mol. The van der Waals surface area contributed by atoms with E-state index in [1.54, 1.807) is 0 Å². The zero-order chi connectivity index (χ0) is 14.9. The highest BCUT2D eigenvalue weighted by Crippen LogP contribution is 2.16. The lowest BCUT2D eigenvalue weighted by Crippen LogP contribution is -2.29. The van der Waals surface area contributed by atoms with E-state index in [9.17, 15) is 4.79 Å². The zero-order valence-corrected chi connectivity index (χ0v) is 12.5. The molecular formula is C17H18ClNO2. The van der Waals surface area contributed by atoms with Gasteiger partial charge >= 0.3 is 0 Å². The van der Waals surface area contributed by atoms with Crippen LogP contribution in [0.25, 0.3) is 0 Å². The van der Waals surface area contributed by atoms with Crippen molar-refractivity contribution >= 4 is 17.5 Å². The van der Waals surface area contributed by atoms with Crippen LogP contribution in [-0.2, 0) is 11.2 Å². The molecule has 21 heavy (non-hydrogen) atoms. The number of ether oxygens (including phenoxy) is 1. The number of aryl methyl sites for hydroxylation is 1. The molecule has 0 radical (unpaired) electrons. The molecule has 0 saturated carbocycles. The topological polar surface area (TPSA) is 38.3 Å². The van der Waals surface area contributed by atoms with Crippen molar-refractivity contribution < 1.29 is 9.53 Å². The van der Waals surface area contributed by atoms with Crippen molar-refractivity contribution in [2.75, 3.05) is 13.2 Å². The maximum absolute atomic E-state index is 11.6. The van der Waals surface area contributed by atoms with Gasteiger partial charge in [-0.15, -0.1) is 0 Å². The first kappa shape index (κ1) is 15.4. The van der Waals surface area contributed by atoms with Crippen molar-refractivity contribution in [3.63, 3.8) is 0 Å².